The summed E-state index contributed by atoms with van der Waals surface area (Å²) >= 11 is 0. The average molecular weight is 308 g/mol. The van der Waals surface area contributed by atoms with Crippen molar-refractivity contribution in [1.29, 1.82) is 0 Å². The molecular formula is C16H21FN2O3. The number of carbonyl (C=O) groups excluding carboxylic acids is 1. The fraction of sp³-hybridized carbons (Fsp3) is 0.562. The molecule has 0 bridgehead atoms. The number of piperidine rings is 1. The van der Waals surface area contributed by atoms with Crippen LogP contribution >= 0.6 is 0 Å². The van der Waals surface area contributed by atoms with E-state index in [2.05, 4.69) is 5.32 Å². The summed E-state index contributed by atoms with van der Waals surface area (Å²) in [5, 5.41) is 2.74. The Morgan fingerprint density at radius 3 is 2.59 bits per heavy atom. The summed E-state index contributed by atoms with van der Waals surface area (Å²) in [5.74, 6) is -0.829. The predicted molar refractivity (Wildman–Crippen MR) is 80.2 cm³/mol. The third-order valence-corrected chi connectivity index (χ3v) is 4.25. The highest BCUT2D eigenvalue weighted by Gasteiger charge is 2.39. The molecule has 2 aliphatic heterocycles. The summed E-state index contributed by atoms with van der Waals surface area (Å²) in [6.07, 6.45) is 2.26. The van der Waals surface area contributed by atoms with Crippen LogP contribution in [0.4, 0.5) is 14.9 Å². The zero-order valence-corrected chi connectivity index (χ0v) is 12.7. The highest BCUT2D eigenvalue weighted by Crippen LogP contribution is 2.30. The van der Waals surface area contributed by atoms with Gasteiger partial charge in [0, 0.05) is 31.6 Å². The van der Waals surface area contributed by atoms with E-state index in [1.54, 1.807) is 24.0 Å². The minimum absolute atomic E-state index is 0.214. The highest BCUT2D eigenvalue weighted by atomic mass is 19.1. The van der Waals surface area contributed by atoms with Crippen LogP contribution in [0.15, 0.2) is 18.2 Å². The summed E-state index contributed by atoms with van der Waals surface area (Å²) < 4.78 is 25.0. The van der Waals surface area contributed by atoms with E-state index in [-0.39, 0.29) is 11.8 Å². The lowest BCUT2D eigenvalue weighted by Crippen LogP contribution is -2.52. The van der Waals surface area contributed by atoms with Gasteiger partial charge in [0.05, 0.1) is 13.2 Å². The maximum absolute atomic E-state index is 13.5. The number of aryl methyl sites for hydroxylation is 1. The molecule has 3 rings (SSSR count). The van der Waals surface area contributed by atoms with Crippen LogP contribution in [0, 0.1) is 12.7 Å². The second-order valence-corrected chi connectivity index (χ2v) is 5.84. The molecule has 0 aliphatic carbocycles. The minimum atomic E-state index is -0.509. The Bertz CT molecular complexity index is 548. The smallest absolute Gasteiger partial charge is 0.321 e. The van der Waals surface area contributed by atoms with Gasteiger partial charge in [-0.15, -0.1) is 0 Å². The van der Waals surface area contributed by atoms with E-state index in [0.717, 1.165) is 19.6 Å². The second-order valence-electron chi connectivity index (χ2n) is 5.84. The average Bonchev–Trinajstić information content (AvgIpc) is 2.52. The molecule has 1 aromatic rings. The number of likely N-dealkylation sites (tertiary alicyclic amines) is 1. The van der Waals surface area contributed by atoms with Crippen molar-refractivity contribution in [3.63, 3.8) is 0 Å². The Morgan fingerprint density at radius 2 is 1.95 bits per heavy atom. The van der Waals surface area contributed by atoms with E-state index in [0.29, 0.717) is 37.2 Å². The van der Waals surface area contributed by atoms with Gasteiger partial charge in [-0.1, -0.05) is 6.07 Å². The first kappa shape index (κ1) is 15.2. The first-order valence-corrected chi connectivity index (χ1v) is 7.68. The summed E-state index contributed by atoms with van der Waals surface area (Å²) in [7, 11) is 0. The van der Waals surface area contributed by atoms with Crippen LogP contribution in [-0.4, -0.2) is 43.0 Å². The molecule has 22 heavy (non-hydrogen) atoms. The van der Waals surface area contributed by atoms with Gasteiger partial charge in [-0.3, -0.25) is 0 Å². The molecule has 1 N–H and O–H groups in total. The van der Waals surface area contributed by atoms with Crippen molar-refractivity contribution in [2.75, 3.05) is 31.6 Å². The van der Waals surface area contributed by atoms with Gasteiger partial charge >= 0.3 is 6.03 Å². The Hall–Kier alpha value is -1.66. The zero-order valence-electron chi connectivity index (χ0n) is 12.7. The largest absolute Gasteiger partial charge is 0.350 e. The van der Waals surface area contributed by atoms with Gasteiger partial charge in [0.15, 0.2) is 5.79 Å². The number of nitrogens with one attached hydrogen (secondary N) is 1. The van der Waals surface area contributed by atoms with Crippen LogP contribution in [0.1, 0.15) is 24.8 Å². The normalized spacial score (nSPS) is 20.9. The quantitative estimate of drug-likeness (QED) is 0.868. The van der Waals surface area contributed by atoms with E-state index >= 15 is 0 Å². The first-order chi connectivity index (χ1) is 10.6. The SMILES string of the molecule is Cc1ccc(NC(=O)N2CCC3(CC2)OCCCO3)cc1F. The number of rotatable bonds is 1. The molecule has 2 heterocycles. The number of carbonyl (C=O) groups is 1. The van der Waals surface area contributed by atoms with Crippen molar-refractivity contribution in [1.82, 2.24) is 4.90 Å². The van der Waals surface area contributed by atoms with Crippen LogP contribution in [0.2, 0.25) is 0 Å². The fourth-order valence-electron chi connectivity index (χ4n) is 2.83. The lowest BCUT2D eigenvalue weighted by Gasteiger charge is -2.43. The van der Waals surface area contributed by atoms with Crippen molar-refractivity contribution in [2.24, 2.45) is 0 Å². The Kier molecular flexibility index (Phi) is 4.31. The number of hydrogen-bond acceptors (Lipinski definition) is 3. The number of halogens is 1. The van der Waals surface area contributed by atoms with Crippen LogP contribution in [0.3, 0.4) is 0 Å². The standard InChI is InChI=1S/C16H21FN2O3/c1-12-3-4-13(11-14(12)17)18-15(20)19-7-5-16(6-8-19)21-9-2-10-22-16/h3-4,11H,2,5-10H2,1H3,(H,18,20). The second kappa shape index (κ2) is 6.22. The first-order valence-electron chi connectivity index (χ1n) is 7.68. The van der Waals surface area contributed by atoms with Gasteiger partial charge < -0.3 is 19.7 Å². The molecule has 0 aromatic heterocycles. The molecule has 2 aliphatic rings. The van der Waals surface area contributed by atoms with E-state index in [9.17, 15) is 9.18 Å². The minimum Gasteiger partial charge on any atom is -0.350 e. The third-order valence-electron chi connectivity index (χ3n) is 4.25. The molecule has 2 fully saturated rings. The molecule has 6 heteroatoms. The molecule has 1 spiro atoms. The van der Waals surface area contributed by atoms with Gasteiger partial charge in [0.25, 0.3) is 0 Å². The van der Waals surface area contributed by atoms with Crippen molar-refractivity contribution < 1.29 is 18.7 Å². The van der Waals surface area contributed by atoms with Crippen molar-refractivity contribution in [3.05, 3.63) is 29.6 Å². The van der Waals surface area contributed by atoms with E-state index in [4.69, 9.17) is 9.47 Å². The Morgan fingerprint density at radius 1 is 1.27 bits per heavy atom. The molecule has 1 aromatic carbocycles. The third kappa shape index (κ3) is 3.23. The maximum atomic E-state index is 13.5. The predicted octanol–water partition coefficient (Wildman–Crippen LogP) is 2.90. The van der Waals surface area contributed by atoms with Gasteiger partial charge in [-0.2, -0.15) is 0 Å². The van der Waals surface area contributed by atoms with Gasteiger partial charge in [0.2, 0.25) is 0 Å². The number of nitrogens with zero attached hydrogens (tertiary/aromatic N) is 1. The lowest BCUT2D eigenvalue weighted by molar-refractivity contribution is -0.281. The maximum Gasteiger partial charge on any atom is 0.321 e. The van der Waals surface area contributed by atoms with Crippen LogP contribution < -0.4 is 5.32 Å². The lowest BCUT2D eigenvalue weighted by atomic mass is 10.0. The molecule has 0 unspecified atom stereocenters. The molecule has 0 atom stereocenters. The molecule has 2 amide bonds. The number of amides is 2. The van der Waals surface area contributed by atoms with E-state index in [1.165, 1.54) is 6.07 Å². The van der Waals surface area contributed by atoms with Gasteiger partial charge in [-0.05, 0) is 31.0 Å². The van der Waals surface area contributed by atoms with Crippen LogP contribution in [0.5, 0.6) is 0 Å². The topological polar surface area (TPSA) is 50.8 Å². The monoisotopic (exact) mass is 308 g/mol. The van der Waals surface area contributed by atoms with Crippen molar-refractivity contribution >= 4 is 11.7 Å². The number of anilines is 1. The summed E-state index contributed by atoms with van der Waals surface area (Å²) in [6.45, 7) is 4.26. The van der Waals surface area contributed by atoms with Crippen molar-refractivity contribution in [3.8, 4) is 0 Å². The summed E-state index contributed by atoms with van der Waals surface area (Å²) in [6, 6.07) is 4.48. The number of ether oxygens (including phenoxy) is 2. The molecule has 5 nitrogen and oxygen atoms in total. The number of benzene rings is 1. The van der Waals surface area contributed by atoms with Crippen molar-refractivity contribution in [2.45, 2.75) is 32.0 Å². The van der Waals surface area contributed by atoms with E-state index < -0.39 is 5.79 Å². The highest BCUT2D eigenvalue weighted by molar-refractivity contribution is 5.89. The summed E-state index contributed by atoms with van der Waals surface area (Å²) in [4.78, 5) is 14.0. The Labute approximate surface area is 129 Å². The molecular weight excluding hydrogens is 287 g/mol. The number of urea groups is 1. The van der Waals surface area contributed by atoms with E-state index in [1.807, 2.05) is 0 Å². The summed E-state index contributed by atoms with van der Waals surface area (Å²) in [5.41, 5.74) is 1.03. The van der Waals surface area contributed by atoms with Crippen LogP contribution in [0.25, 0.3) is 0 Å². The molecule has 2 saturated heterocycles. The van der Waals surface area contributed by atoms with Gasteiger partial charge in [0.1, 0.15) is 5.82 Å². The molecule has 0 saturated carbocycles. The van der Waals surface area contributed by atoms with Crippen LogP contribution in [-0.2, 0) is 9.47 Å². The number of hydrogen-bond donors (Lipinski definition) is 1. The fourth-order valence-corrected chi connectivity index (χ4v) is 2.83. The molecule has 120 valence electrons. The zero-order chi connectivity index (χ0) is 15.6. The van der Waals surface area contributed by atoms with Gasteiger partial charge in [-0.25, -0.2) is 9.18 Å². The Balaban J connectivity index is 1.56. The molecule has 0 radical (unpaired) electrons.